The van der Waals surface area contributed by atoms with Crippen LogP contribution in [0.4, 0.5) is 5.69 Å². The number of hydrogen-bond donors (Lipinski definition) is 3. The summed E-state index contributed by atoms with van der Waals surface area (Å²) in [6, 6.07) is 7.05. The standard InChI is InChI=1S/C16H19N3O4S/c1-9(2)13-14(21)18-16(19-15(13)22)24-8-12(20)17-10-6-4-5-7-11(10)23-3/h4-7,9H,8H2,1-3H3,(H,17,20)(H2,18,19,21,22). The van der Waals surface area contributed by atoms with Gasteiger partial charge in [-0.25, -0.2) is 0 Å². The maximum absolute atomic E-state index is 12.0. The third-order valence-electron chi connectivity index (χ3n) is 3.21. The highest BCUT2D eigenvalue weighted by molar-refractivity contribution is 7.99. The van der Waals surface area contributed by atoms with Gasteiger partial charge in [0.05, 0.1) is 24.1 Å². The second-order valence-corrected chi connectivity index (χ2v) is 6.26. The molecule has 8 heteroatoms. The fourth-order valence-corrected chi connectivity index (χ4v) is 2.76. The number of nitrogens with one attached hydrogen (secondary N) is 2. The highest BCUT2D eigenvalue weighted by Gasteiger charge is 2.15. The van der Waals surface area contributed by atoms with E-state index < -0.39 is 5.56 Å². The Labute approximate surface area is 143 Å². The Morgan fingerprint density at radius 1 is 1.42 bits per heavy atom. The molecule has 24 heavy (non-hydrogen) atoms. The van der Waals surface area contributed by atoms with Gasteiger partial charge in [-0.1, -0.05) is 37.7 Å². The van der Waals surface area contributed by atoms with E-state index in [1.165, 1.54) is 7.11 Å². The zero-order valence-corrected chi connectivity index (χ0v) is 14.4. The van der Waals surface area contributed by atoms with Crippen LogP contribution in [0.5, 0.6) is 11.6 Å². The zero-order chi connectivity index (χ0) is 17.7. The number of aromatic nitrogens is 2. The van der Waals surface area contributed by atoms with Crippen LogP contribution < -0.4 is 15.6 Å². The molecule has 1 aromatic heterocycles. The Morgan fingerprint density at radius 3 is 2.75 bits per heavy atom. The van der Waals surface area contributed by atoms with Crippen molar-refractivity contribution >= 4 is 23.4 Å². The van der Waals surface area contributed by atoms with Crippen LogP contribution in [0.1, 0.15) is 25.3 Å². The fraction of sp³-hybridized carbons (Fsp3) is 0.312. The van der Waals surface area contributed by atoms with Crippen LogP contribution >= 0.6 is 11.8 Å². The molecule has 0 saturated heterocycles. The minimum Gasteiger partial charge on any atom is -0.495 e. The van der Waals surface area contributed by atoms with Crippen molar-refractivity contribution in [1.82, 2.24) is 9.97 Å². The SMILES string of the molecule is COc1ccccc1NC(=O)CSc1nc(O)c(C(C)C)c(=O)[nH]1. The van der Waals surface area contributed by atoms with Gasteiger partial charge in [-0.15, -0.1) is 0 Å². The lowest BCUT2D eigenvalue weighted by atomic mass is 10.1. The zero-order valence-electron chi connectivity index (χ0n) is 13.6. The highest BCUT2D eigenvalue weighted by Crippen LogP contribution is 2.24. The van der Waals surface area contributed by atoms with E-state index in [9.17, 15) is 14.7 Å². The van der Waals surface area contributed by atoms with Crippen LogP contribution in [0.3, 0.4) is 0 Å². The number of rotatable bonds is 6. The normalized spacial score (nSPS) is 10.7. The third-order valence-corrected chi connectivity index (χ3v) is 4.09. The predicted octanol–water partition coefficient (Wildman–Crippen LogP) is 2.34. The Hall–Kier alpha value is -2.48. The molecular formula is C16H19N3O4S. The van der Waals surface area contributed by atoms with Crippen LogP contribution in [0.2, 0.25) is 0 Å². The van der Waals surface area contributed by atoms with Gasteiger partial charge in [0.25, 0.3) is 5.56 Å². The largest absolute Gasteiger partial charge is 0.495 e. The van der Waals surface area contributed by atoms with Crippen LogP contribution in [0.15, 0.2) is 34.2 Å². The summed E-state index contributed by atoms with van der Waals surface area (Å²) in [6.07, 6.45) is 0. The lowest BCUT2D eigenvalue weighted by Gasteiger charge is -2.10. The van der Waals surface area contributed by atoms with E-state index in [1.54, 1.807) is 38.1 Å². The van der Waals surface area contributed by atoms with Crippen LogP contribution in [0.25, 0.3) is 0 Å². The first-order chi connectivity index (χ1) is 11.4. The summed E-state index contributed by atoms with van der Waals surface area (Å²) in [5.74, 6) is -0.141. The molecule has 1 amide bonds. The van der Waals surface area contributed by atoms with Gasteiger partial charge in [0, 0.05) is 0 Å². The number of hydrogen-bond acceptors (Lipinski definition) is 6. The Kier molecular flexibility index (Phi) is 5.86. The number of H-pyrrole nitrogens is 1. The number of ether oxygens (including phenoxy) is 1. The summed E-state index contributed by atoms with van der Waals surface area (Å²) in [4.78, 5) is 30.5. The smallest absolute Gasteiger partial charge is 0.258 e. The molecule has 0 atom stereocenters. The first-order valence-electron chi connectivity index (χ1n) is 7.31. The molecule has 1 aromatic carbocycles. The first kappa shape index (κ1) is 17.9. The number of para-hydroxylation sites is 2. The molecule has 1 heterocycles. The molecule has 0 fully saturated rings. The predicted molar refractivity (Wildman–Crippen MR) is 93.0 cm³/mol. The van der Waals surface area contributed by atoms with Crippen molar-refractivity contribution in [2.75, 3.05) is 18.2 Å². The number of aromatic hydroxyl groups is 1. The van der Waals surface area contributed by atoms with Crippen molar-refractivity contribution in [1.29, 1.82) is 0 Å². The number of thioether (sulfide) groups is 1. The first-order valence-corrected chi connectivity index (χ1v) is 8.29. The van der Waals surface area contributed by atoms with Gasteiger partial charge in [0.15, 0.2) is 5.16 Å². The minimum atomic E-state index is -0.398. The van der Waals surface area contributed by atoms with Gasteiger partial charge < -0.3 is 20.1 Å². The lowest BCUT2D eigenvalue weighted by molar-refractivity contribution is -0.113. The Bertz CT molecular complexity index is 789. The van der Waals surface area contributed by atoms with Gasteiger partial charge in [0.2, 0.25) is 11.8 Å². The topological polar surface area (TPSA) is 104 Å². The summed E-state index contributed by atoms with van der Waals surface area (Å²) in [6.45, 7) is 3.58. The van der Waals surface area contributed by atoms with Crippen LogP contribution in [-0.4, -0.2) is 33.8 Å². The van der Waals surface area contributed by atoms with Gasteiger partial charge in [-0.05, 0) is 18.1 Å². The summed E-state index contributed by atoms with van der Waals surface area (Å²) in [5, 5.41) is 12.8. The number of methoxy groups -OCH3 is 1. The van der Waals surface area contributed by atoms with Crippen molar-refractivity contribution in [2.24, 2.45) is 0 Å². The summed E-state index contributed by atoms with van der Waals surface area (Å²) >= 11 is 1.03. The van der Waals surface area contributed by atoms with E-state index in [4.69, 9.17) is 4.74 Å². The van der Waals surface area contributed by atoms with Gasteiger partial charge >= 0.3 is 0 Å². The number of anilines is 1. The monoisotopic (exact) mass is 349 g/mol. The summed E-state index contributed by atoms with van der Waals surface area (Å²) < 4.78 is 5.16. The molecule has 7 nitrogen and oxygen atoms in total. The van der Waals surface area contributed by atoms with Gasteiger partial charge in [0.1, 0.15) is 5.75 Å². The van der Waals surface area contributed by atoms with Crippen molar-refractivity contribution in [3.63, 3.8) is 0 Å². The quantitative estimate of drug-likeness (QED) is 0.546. The van der Waals surface area contributed by atoms with Crippen molar-refractivity contribution in [3.05, 3.63) is 40.2 Å². The molecular weight excluding hydrogens is 330 g/mol. The molecule has 0 spiro atoms. The van der Waals surface area contributed by atoms with E-state index >= 15 is 0 Å². The second-order valence-electron chi connectivity index (χ2n) is 5.30. The molecule has 0 aliphatic carbocycles. The van der Waals surface area contributed by atoms with E-state index in [1.807, 2.05) is 0 Å². The number of carbonyl (C=O) groups excluding carboxylic acids is 1. The van der Waals surface area contributed by atoms with Crippen molar-refractivity contribution < 1.29 is 14.6 Å². The fourth-order valence-electron chi connectivity index (χ4n) is 2.11. The average molecular weight is 349 g/mol. The summed E-state index contributed by atoms with van der Waals surface area (Å²) in [5.41, 5.74) is 0.396. The number of carbonyl (C=O) groups is 1. The maximum Gasteiger partial charge on any atom is 0.258 e. The van der Waals surface area contributed by atoms with E-state index in [0.717, 1.165) is 11.8 Å². The molecule has 0 aliphatic rings. The van der Waals surface area contributed by atoms with E-state index in [-0.39, 0.29) is 34.2 Å². The minimum absolute atomic E-state index is 0.0292. The molecule has 2 rings (SSSR count). The Balaban J connectivity index is 2.03. The Morgan fingerprint density at radius 2 is 2.12 bits per heavy atom. The van der Waals surface area contributed by atoms with Gasteiger partial charge in [-0.3, -0.25) is 9.59 Å². The summed E-state index contributed by atoms with van der Waals surface area (Å²) in [7, 11) is 1.52. The average Bonchev–Trinajstić information content (AvgIpc) is 2.52. The third kappa shape index (κ3) is 4.29. The number of amides is 1. The van der Waals surface area contributed by atoms with Gasteiger partial charge in [-0.2, -0.15) is 4.98 Å². The molecule has 3 N–H and O–H groups in total. The molecule has 0 saturated carbocycles. The van der Waals surface area contributed by atoms with Crippen molar-refractivity contribution in [3.8, 4) is 11.6 Å². The molecule has 128 valence electrons. The molecule has 0 unspecified atom stereocenters. The molecule has 2 aromatic rings. The maximum atomic E-state index is 12.0. The molecule has 0 bridgehead atoms. The number of nitrogens with zero attached hydrogens (tertiary/aromatic N) is 1. The number of benzene rings is 1. The van der Waals surface area contributed by atoms with Crippen molar-refractivity contribution in [2.45, 2.75) is 24.9 Å². The molecule has 0 aliphatic heterocycles. The number of aromatic amines is 1. The van der Waals surface area contributed by atoms with Crippen LogP contribution in [0, 0.1) is 0 Å². The van der Waals surface area contributed by atoms with Crippen LogP contribution in [-0.2, 0) is 4.79 Å². The second kappa shape index (κ2) is 7.87. The van der Waals surface area contributed by atoms with E-state index in [2.05, 4.69) is 15.3 Å². The van der Waals surface area contributed by atoms with E-state index in [0.29, 0.717) is 11.4 Å². The highest BCUT2D eigenvalue weighted by atomic mass is 32.2. The molecule has 0 radical (unpaired) electrons. The lowest BCUT2D eigenvalue weighted by Crippen LogP contribution is -2.18.